The lowest BCUT2D eigenvalue weighted by molar-refractivity contribution is -0.127. The molecular weight excluding hydrogens is 244 g/mol. The summed E-state index contributed by atoms with van der Waals surface area (Å²) < 4.78 is 5.24. The number of fused-ring (bicyclic) bond motifs is 1. The molecular formula is C11H11ClN2O3. The molecule has 0 saturated heterocycles. The molecule has 17 heavy (non-hydrogen) atoms. The number of anilines is 1. The molecule has 5 nitrogen and oxygen atoms in total. The smallest absolute Gasteiger partial charge is 0.283 e. The van der Waals surface area contributed by atoms with Gasteiger partial charge in [0, 0.05) is 11.4 Å². The van der Waals surface area contributed by atoms with E-state index in [-0.39, 0.29) is 18.4 Å². The number of carbonyl (C=O) groups is 2. The predicted molar refractivity (Wildman–Crippen MR) is 62.9 cm³/mol. The number of hydrogen-bond donors (Lipinski definition) is 1. The van der Waals surface area contributed by atoms with Crippen LogP contribution in [0.2, 0.25) is 5.02 Å². The molecule has 0 radical (unpaired) electrons. The summed E-state index contributed by atoms with van der Waals surface area (Å²) in [6.07, 6.45) is 0.292. The summed E-state index contributed by atoms with van der Waals surface area (Å²) in [5, 5.41) is 1.65. The number of carbonyl (C=O) groups excluding carboxylic acids is 2. The maximum absolute atomic E-state index is 11.7. The van der Waals surface area contributed by atoms with Crippen LogP contribution in [-0.4, -0.2) is 18.4 Å². The zero-order chi connectivity index (χ0) is 12.4. The molecule has 1 N–H and O–H groups in total. The quantitative estimate of drug-likeness (QED) is 0.870. The van der Waals surface area contributed by atoms with Crippen molar-refractivity contribution in [3.8, 4) is 5.75 Å². The van der Waals surface area contributed by atoms with E-state index in [1.807, 2.05) is 0 Å². The first-order valence-electron chi connectivity index (χ1n) is 5.16. The highest BCUT2D eigenvalue weighted by atomic mass is 35.5. The average Bonchev–Trinajstić information content (AvgIpc) is 2.32. The van der Waals surface area contributed by atoms with Crippen molar-refractivity contribution in [3.63, 3.8) is 0 Å². The van der Waals surface area contributed by atoms with Crippen molar-refractivity contribution in [2.24, 2.45) is 0 Å². The molecule has 0 bridgehead atoms. The van der Waals surface area contributed by atoms with Crippen molar-refractivity contribution in [3.05, 3.63) is 23.2 Å². The van der Waals surface area contributed by atoms with E-state index in [4.69, 9.17) is 16.3 Å². The standard InChI is InChI=1S/C11H11ClN2O3/c1-2-10(15)13-14-8-5-7(12)3-4-9(8)17-6-11(14)16/h3-5H,2,6H2,1H3,(H,13,15). The molecule has 1 heterocycles. The summed E-state index contributed by atoms with van der Waals surface area (Å²) in [6.45, 7) is 1.61. The van der Waals surface area contributed by atoms with Crippen molar-refractivity contribution in [2.45, 2.75) is 13.3 Å². The van der Waals surface area contributed by atoms with Gasteiger partial charge in [-0.3, -0.25) is 15.0 Å². The van der Waals surface area contributed by atoms with Crippen LogP contribution in [0.5, 0.6) is 5.75 Å². The van der Waals surface area contributed by atoms with Gasteiger partial charge >= 0.3 is 0 Å². The fourth-order valence-electron chi connectivity index (χ4n) is 1.45. The van der Waals surface area contributed by atoms with E-state index >= 15 is 0 Å². The largest absolute Gasteiger partial charge is 0.481 e. The van der Waals surface area contributed by atoms with E-state index in [1.54, 1.807) is 25.1 Å². The maximum atomic E-state index is 11.7. The van der Waals surface area contributed by atoms with Crippen molar-refractivity contribution in [2.75, 3.05) is 11.6 Å². The van der Waals surface area contributed by atoms with E-state index in [0.29, 0.717) is 22.9 Å². The Morgan fingerprint density at radius 1 is 1.59 bits per heavy atom. The Bertz CT molecular complexity index is 476. The second-order valence-electron chi connectivity index (χ2n) is 3.52. The summed E-state index contributed by atoms with van der Waals surface area (Å²) in [4.78, 5) is 23.0. The van der Waals surface area contributed by atoms with E-state index in [9.17, 15) is 9.59 Å². The Kier molecular flexibility index (Phi) is 3.19. The summed E-state index contributed by atoms with van der Waals surface area (Å²) in [5.41, 5.74) is 2.96. The second-order valence-corrected chi connectivity index (χ2v) is 3.95. The topological polar surface area (TPSA) is 58.6 Å². The summed E-state index contributed by atoms with van der Waals surface area (Å²) >= 11 is 5.85. The van der Waals surface area contributed by atoms with E-state index in [1.165, 1.54) is 5.01 Å². The van der Waals surface area contributed by atoms with Crippen LogP contribution < -0.4 is 15.2 Å². The first-order chi connectivity index (χ1) is 8.11. The van der Waals surface area contributed by atoms with Gasteiger partial charge in [-0.1, -0.05) is 18.5 Å². The molecule has 1 aromatic rings. The molecule has 0 saturated carbocycles. The molecule has 0 spiro atoms. The molecule has 0 aromatic heterocycles. The zero-order valence-corrected chi connectivity index (χ0v) is 9.95. The molecule has 0 fully saturated rings. The molecule has 2 amide bonds. The third-order valence-corrected chi connectivity index (χ3v) is 2.56. The highest BCUT2D eigenvalue weighted by Gasteiger charge is 2.26. The van der Waals surface area contributed by atoms with Gasteiger partial charge in [0.05, 0.1) is 0 Å². The minimum atomic E-state index is -0.332. The molecule has 90 valence electrons. The van der Waals surface area contributed by atoms with Crippen LogP contribution in [0.4, 0.5) is 5.69 Å². The van der Waals surface area contributed by atoms with Crippen LogP contribution in [0.1, 0.15) is 13.3 Å². The minimum Gasteiger partial charge on any atom is -0.481 e. The van der Waals surface area contributed by atoms with Gasteiger partial charge < -0.3 is 4.74 Å². The fraction of sp³-hybridized carbons (Fsp3) is 0.273. The van der Waals surface area contributed by atoms with Gasteiger partial charge in [0.15, 0.2) is 6.61 Å². The summed E-state index contributed by atoms with van der Waals surface area (Å²) in [5.74, 6) is -0.0573. The predicted octanol–water partition coefficient (Wildman–Crippen LogP) is 1.51. The zero-order valence-electron chi connectivity index (χ0n) is 9.20. The normalized spacial score (nSPS) is 14.0. The molecule has 1 aliphatic rings. The lowest BCUT2D eigenvalue weighted by Gasteiger charge is -2.29. The molecule has 1 aromatic carbocycles. The highest BCUT2D eigenvalue weighted by Crippen LogP contribution is 2.33. The Morgan fingerprint density at radius 3 is 3.06 bits per heavy atom. The van der Waals surface area contributed by atoms with Crippen LogP contribution in [0.15, 0.2) is 18.2 Å². The van der Waals surface area contributed by atoms with Crippen LogP contribution in [0.3, 0.4) is 0 Å². The van der Waals surface area contributed by atoms with Crippen LogP contribution in [-0.2, 0) is 9.59 Å². The maximum Gasteiger partial charge on any atom is 0.283 e. The number of hydrazine groups is 1. The molecule has 1 aliphatic heterocycles. The van der Waals surface area contributed by atoms with E-state index in [0.717, 1.165) is 0 Å². The Morgan fingerprint density at radius 2 is 2.35 bits per heavy atom. The van der Waals surface area contributed by atoms with E-state index in [2.05, 4.69) is 5.43 Å². The number of nitrogens with one attached hydrogen (secondary N) is 1. The van der Waals surface area contributed by atoms with Gasteiger partial charge in [-0.15, -0.1) is 0 Å². The van der Waals surface area contributed by atoms with Crippen molar-refractivity contribution in [1.29, 1.82) is 0 Å². The number of halogens is 1. The van der Waals surface area contributed by atoms with Crippen molar-refractivity contribution >= 4 is 29.1 Å². The SMILES string of the molecule is CCC(=O)NN1C(=O)COc2ccc(Cl)cc21. The van der Waals surface area contributed by atoms with Gasteiger partial charge in [0.1, 0.15) is 11.4 Å². The first kappa shape index (κ1) is 11.7. The minimum absolute atomic E-state index is 0.0986. The first-order valence-corrected chi connectivity index (χ1v) is 5.54. The van der Waals surface area contributed by atoms with Crippen LogP contribution in [0, 0.1) is 0 Å². The highest BCUT2D eigenvalue weighted by molar-refractivity contribution is 6.31. The monoisotopic (exact) mass is 254 g/mol. The third kappa shape index (κ3) is 2.34. The van der Waals surface area contributed by atoms with Gasteiger partial charge in [0.2, 0.25) is 5.91 Å². The van der Waals surface area contributed by atoms with Crippen molar-refractivity contribution < 1.29 is 14.3 Å². The van der Waals surface area contributed by atoms with Gasteiger partial charge in [-0.05, 0) is 18.2 Å². The van der Waals surface area contributed by atoms with Gasteiger partial charge in [0.25, 0.3) is 5.91 Å². The number of nitrogens with zero attached hydrogens (tertiary/aromatic N) is 1. The molecule has 0 atom stereocenters. The third-order valence-electron chi connectivity index (χ3n) is 2.32. The van der Waals surface area contributed by atoms with Gasteiger partial charge in [-0.25, -0.2) is 5.01 Å². The molecule has 0 unspecified atom stereocenters. The van der Waals surface area contributed by atoms with Crippen LogP contribution >= 0.6 is 11.6 Å². The lowest BCUT2D eigenvalue weighted by Crippen LogP contribution is -2.50. The van der Waals surface area contributed by atoms with E-state index < -0.39 is 0 Å². The van der Waals surface area contributed by atoms with Crippen molar-refractivity contribution in [1.82, 2.24) is 5.43 Å². The molecule has 0 aliphatic carbocycles. The summed E-state index contributed by atoms with van der Waals surface area (Å²) in [7, 11) is 0. The van der Waals surface area contributed by atoms with Crippen LogP contribution in [0.25, 0.3) is 0 Å². The lowest BCUT2D eigenvalue weighted by atomic mass is 10.2. The number of amides is 2. The number of rotatable bonds is 2. The molecule has 2 rings (SSSR count). The second kappa shape index (κ2) is 4.63. The fourth-order valence-corrected chi connectivity index (χ4v) is 1.62. The Hall–Kier alpha value is -1.75. The average molecular weight is 255 g/mol. The Labute approximate surface area is 103 Å². The number of benzene rings is 1. The number of ether oxygens (including phenoxy) is 1. The van der Waals surface area contributed by atoms with Gasteiger partial charge in [-0.2, -0.15) is 0 Å². The summed E-state index contributed by atoms with van der Waals surface area (Å²) in [6, 6.07) is 4.90. The Balaban J connectivity index is 2.35. The molecule has 6 heteroatoms. The number of hydrogen-bond acceptors (Lipinski definition) is 3.